The molecular formula is C22H26F2N4O2. The largest absolute Gasteiger partial charge is 0.497 e. The van der Waals surface area contributed by atoms with Crippen molar-refractivity contribution in [1.82, 2.24) is 14.9 Å². The van der Waals surface area contributed by atoms with E-state index in [0.29, 0.717) is 19.4 Å². The normalized spacial score (nSPS) is 23.0. The van der Waals surface area contributed by atoms with Crippen LogP contribution in [-0.4, -0.2) is 60.0 Å². The molecule has 1 amide bonds. The fourth-order valence-electron chi connectivity index (χ4n) is 4.50. The van der Waals surface area contributed by atoms with Crippen molar-refractivity contribution in [2.24, 2.45) is 5.41 Å². The molecule has 2 aromatic rings. The van der Waals surface area contributed by atoms with Gasteiger partial charge in [-0.2, -0.15) is 0 Å². The number of ether oxygens (including phenoxy) is 1. The Hall–Kier alpha value is -2.77. The van der Waals surface area contributed by atoms with E-state index in [-0.39, 0.29) is 38.4 Å². The van der Waals surface area contributed by atoms with E-state index in [1.165, 1.54) is 6.33 Å². The molecule has 2 aliphatic rings. The zero-order chi connectivity index (χ0) is 21.2. The first-order chi connectivity index (χ1) is 14.4. The van der Waals surface area contributed by atoms with Crippen molar-refractivity contribution in [3.8, 4) is 5.75 Å². The molecule has 6 nitrogen and oxygen atoms in total. The smallest absolute Gasteiger partial charge is 0.258 e. The van der Waals surface area contributed by atoms with Crippen LogP contribution in [0.1, 0.15) is 24.8 Å². The number of carbonyl (C=O) groups is 1. The van der Waals surface area contributed by atoms with Gasteiger partial charge in [0, 0.05) is 57.1 Å². The number of halogens is 2. The fraction of sp³-hybridized carbons (Fsp3) is 0.500. The minimum absolute atomic E-state index is 0.0865. The highest BCUT2D eigenvalue weighted by Gasteiger charge is 2.59. The molecule has 1 spiro atoms. The Bertz CT molecular complexity index is 878. The molecule has 0 unspecified atom stereocenters. The Morgan fingerprint density at radius 2 is 1.83 bits per heavy atom. The van der Waals surface area contributed by atoms with Crippen LogP contribution in [0.3, 0.4) is 0 Å². The molecule has 1 aromatic carbocycles. The van der Waals surface area contributed by atoms with Gasteiger partial charge in [0.15, 0.2) is 0 Å². The summed E-state index contributed by atoms with van der Waals surface area (Å²) in [5.41, 5.74) is 0.557. The molecule has 3 heterocycles. The highest BCUT2D eigenvalue weighted by atomic mass is 19.3. The second-order valence-corrected chi connectivity index (χ2v) is 8.17. The SMILES string of the molecule is COc1ccc(N2CC[C@]3(CN(C(=O)CCc4cncnc4)CCC3(F)F)C2)cc1. The second-order valence-electron chi connectivity index (χ2n) is 8.17. The van der Waals surface area contributed by atoms with Gasteiger partial charge < -0.3 is 14.5 Å². The fourth-order valence-corrected chi connectivity index (χ4v) is 4.50. The molecule has 1 aromatic heterocycles. The molecule has 160 valence electrons. The third-order valence-electron chi connectivity index (χ3n) is 6.35. The Kier molecular flexibility index (Phi) is 5.58. The maximum Gasteiger partial charge on any atom is 0.258 e. The maximum absolute atomic E-state index is 15.1. The van der Waals surface area contributed by atoms with Crippen LogP contribution < -0.4 is 9.64 Å². The van der Waals surface area contributed by atoms with Crippen LogP contribution in [0.5, 0.6) is 5.75 Å². The van der Waals surface area contributed by atoms with E-state index in [2.05, 4.69) is 9.97 Å². The van der Waals surface area contributed by atoms with Gasteiger partial charge in [0.05, 0.1) is 12.5 Å². The number of rotatable bonds is 5. The summed E-state index contributed by atoms with van der Waals surface area (Å²) in [5.74, 6) is -2.15. The predicted molar refractivity (Wildman–Crippen MR) is 109 cm³/mol. The van der Waals surface area contributed by atoms with E-state index in [4.69, 9.17) is 4.74 Å². The minimum Gasteiger partial charge on any atom is -0.497 e. The van der Waals surface area contributed by atoms with E-state index in [9.17, 15) is 4.79 Å². The number of piperidine rings is 1. The first kappa shape index (κ1) is 20.5. The van der Waals surface area contributed by atoms with Crippen molar-refractivity contribution in [2.75, 3.05) is 38.2 Å². The van der Waals surface area contributed by atoms with E-state index < -0.39 is 11.3 Å². The average molecular weight is 416 g/mol. The molecule has 2 saturated heterocycles. The number of amides is 1. The number of hydrogen-bond acceptors (Lipinski definition) is 5. The van der Waals surface area contributed by atoms with Gasteiger partial charge >= 0.3 is 0 Å². The topological polar surface area (TPSA) is 58.6 Å². The number of carbonyl (C=O) groups excluding carboxylic acids is 1. The Balaban J connectivity index is 1.44. The number of anilines is 1. The molecule has 0 bridgehead atoms. The lowest BCUT2D eigenvalue weighted by molar-refractivity contribution is -0.168. The molecule has 0 saturated carbocycles. The van der Waals surface area contributed by atoms with Crippen molar-refractivity contribution in [1.29, 1.82) is 0 Å². The Labute approximate surface area is 174 Å². The molecule has 0 N–H and O–H groups in total. The molecule has 30 heavy (non-hydrogen) atoms. The standard InChI is InChI=1S/C22H26F2N4O2/c1-30-19-5-3-18(4-6-19)27-10-8-21(14-27)15-28(11-9-22(21,23)24)20(29)7-2-17-12-25-16-26-13-17/h3-6,12-13,16H,2,7-11,14-15H2,1H3/t21-/m1/s1. The van der Waals surface area contributed by atoms with Crippen LogP contribution >= 0.6 is 0 Å². The number of methoxy groups -OCH3 is 1. The minimum atomic E-state index is -2.79. The van der Waals surface area contributed by atoms with Crippen LogP contribution in [0.4, 0.5) is 14.5 Å². The summed E-state index contributed by atoms with van der Waals surface area (Å²) < 4.78 is 35.3. The van der Waals surface area contributed by atoms with Gasteiger partial charge in [0.25, 0.3) is 5.92 Å². The summed E-state index contributed by atoms with van der Waals surface area (Å²) in [6.45, 7) is 0.978. The van der Waals surface area contributed by atoms with E-state index in [0.717, 1.165) is 17.0 Å². The number of aromatic nitrogens is 2. The third-order valence-corrected chi connectivity index (χ3v) is 6.35. The number of benzene rings is 1. The number of nitrogens with zero attached hydrogens (tertiary/aromatic N) is 4. The molecule has 2 fully saturated rings. The van der Waals surface area contributed by atoms with Crippen LogP contribution in [0.2, 0.25) is 0 Å². The Morgan fingerprint density at radius 1 is 1.10 bits per heavy atom. The van der Waals surface area contributed by atoms with Gasteiger partial charge in [0.1, 0.15) is 12.1 Å². The average Bonchev–Trinajstić information content (AvgIpc) is 3.20. The molecule has 0 aliphatic carbocycles. The highest BCUT2D eigenvalue weighted by molar-refractivity contribution is 5.76. The van der Waals surface area contributed by atoms with Crippen molar-refractivity contribution >= 4 is 11.6 Å². The van der Waals surface area contributed by atoms with Crippen molar-refractivity contribution in [2.45, 2.75) is 31.6 Å². The quantitative estimate of drug-likeness (QED) is 0.749. The van der Waals surface area contributed by atoms with Gasteiger partial charge in [-0.05, 0) is 42.7 Å². The summed E-state index contributed by atoms with van der Waals surface area (Å²) in [6, 6.07) is 7.46. The highest BCUT2D eigenvalue weighted by Crippen LogP contribution is 2.50. The lowest BCUT2D eigenvalue weighted by Crippen LogP contribution is -2.58. The van der Waals surface area contributed by atoms with Crippen molar-refractivity contribution in [3.05, 3.63) is 48.5 Å². The molecule has 0 radical (unpaired) electrons. The van der Waals surface area contributed by atoms with Crippen LogP contribution in [0.25, 0.3) is 0 Å². The van der Waals surface area contributed by atoms with E-state index >= 15 is 8.78 Å². The first-order valence-corrected chi connectivity index (χ1v) is 10.2. The molecule has 1 atom stereocenters. The molecule has 4 rings (SSSR count). The van der Waals surface area contributed by atoms with Crippen molar-refractivity contribution in [3.63, 3.8) is 0 Å². The number of alkyl halides is 2. The first-order valence-electron chi connectivity index (χ1n) is 10.2. The molecule has 8 heteroatoms. The van der Waals surface area contributed by atoms with E-state index in [1.807, 2.05) is 29.2 Å². The van der Waals surface area contributed by atoms with Gasteiger partial charge in [0.2, 0.25) is 5.91 Å². The van der Waals surface area contributed by atoms with Crippen LogP contribution in [0.15, 0.2) is 43.0 Å². The van der Waals surface area contributed by atoms with Crippen LogP contribution in [0, 0.1) is 5.41 Å². The zero-order valence-electron chi connectivity index (χ0n) is 17.1. The Morgan fingerprint density at radius 3 is 2.53 bits per heavy atom. The lowest BCUT2D eigenvalue weighted by Gasteiger charge is -2.46. The summed E-state index contributed by atoms with van der Waals surface area (Å²) in [6.07, 6.45) is 5.66. The number of likely N-dealkylation sites (tertiary alicyclic amines) is 1. The molecular weight excluding hydrogens is 390 g/mol. The summed E-state index contributed by atoms with van der Waals surface area (Å²) in [4.78, 5) is 24.3. The van der Waals surface area contributed by atoms with Crippen molar-refractivity contribution < 1.29 is 18.3 Å². The van der Waals surface area contributed by atoms with Gasteiger partial charge in [-0.15, -0.1) is 0 Å². The lowest BCUT2D eigenvalue weighted by atomic mass is 9.75. The zero-order valence-corrected chi connectivity index (χ0v) is 17.1. The van der Waals surface area contributed by atoms with Gasteiger partial charge in [-0.3, -0.25) is 4.79 Å². The number of aryl methyl sites for hydroxylation is 1. The summed E-state index contributed by atoms with van der Waals surface area (Å²) in [7, 11) is 1.60. The van der Waals surface area contributed by atoms with Gasteiger partial charge in [-0.25, -0.2) is 18.7 Å². The maximum atomic E-state index is 15.1. The second kappa shape index (κ2) is 8.16. The summed E-state index contributed by atoms with van der Waals surface area (Å²) >= 11 is 0. The molecule has 2 aliphatic heterocycles. The summed E-state index contributed by atoms with van der Waals surface area (Å²) in [5, 5.41) is 0. The predicted octanol–water partition coefficient (Wildman–Crippen LogP) is 3.18. The van der Waals surface area contributed by atoms with Gasteiger partial charge in [-0.1, -0.05) is 0 Å². The third kappa shape index (κ3) is 3.95. The number of hydrogen-bond donors (Lipinski definition) is 0. The van der Waals surface area contributed by atoms with Crippen LogP contribution in [-0.2, 0) is 11.2 Å². The van der Waals surface area contributed by atoms with E-state index in [1.54, 1.807) is 24.4 Å². The monoisotopic (exact) mass is 416 g/mol.